The number of nitrogens with one attached hydrogen (secondary N) is 1. The van der Waals surface area contributed by atoms with Crippen LogP contribution in [0.3, 0.4) is 0 Å². The number of nitrogens with two attached hydrogens (primary N) is 1. The summed E-state index contributed by atoms with van der Waals surface area (Å²) < 4.78 is 8.22. The Morgan fingerprint density at radius 1 is 1.57 bits per heavy atom. The molecule has 1 atom stereocenters. The van der Waals surface area contributed by atoms with Crippen LogP contribution in [-0.2, 0) is 4.79 Å². The summed E-state index contributed by atoms with van der Waals surface area (Å²) in [7, 11) is 0. The average Bonchev–Trinajstić information content (AvgIpc) is 2.95. The molecule has 7 nitrogen and oxygen atoms in total. The van der Waals surface area contributed by atoms with Gasteiger partial charge in [0.15, 0.2) is 5.84 Å². The number of halogens is 1. The molecule has 2 rings (SSSR count). The molecule has 0 bridgehead atoms. The topological polar surface area (TPSA) is 113 Å². The predicted molar refractivity (Wildman–Crippen MR) is 82.9 cm³/mol. The Hall–Kier alpha value is -1.93. The van der Waals surface area contributed by atoms with Crippen LogP contribution in [0, 0.1) is 5.92 Å². The lowest BCUT2D eigenvalue weighted by atomic mass is 10.0. The first-order valence-electron chi connectivity index (χ1n) is 6.27. The molecule has 0 saturated carbocycles. The molecule has 0 radical (unpaired) electrons. The highest BCUT2D eigenvalue weighted by molar-refractivity contribution is 7.00. The van der Waals surface area contributed by atoms with Crippen molar-refractivity contribution in [1.82, 2.24) is 8.75 Å². The first-order chi connectivity index (χ1) is 10.1. The van der Waals surface area contributed by atoms with Gasteiger partial charge < -0.3 is 16.3 Å². The number of carbonyl (C=O) groups is 1. The molecule has 1 amide bonds. The molecule has 1 heterocycles. The molecule has 4 N–H and O–H groups in total. The van der Waals surface area contributed by atoms with E-state index >= 15 is 0 Å². The molecule has 1 unspecified atom stereocenters. The molecule has 0 aliphatic carbocycles. The largest absolute Gasteiger partial charge is 0.409 e. The number of nitrogens with zero attached hydrogens (tertiary/aromatic N) is 3. The number of hydrogen-bond acceptors (Lipinski definition) is 6. The van der Waals surface area contributed by atoms with E-state index in [1.165, 1.54) is 0 Å². The highest BCUT2D eigenvalue weighted by Gasteiger charge is 2.24. The van der Waals surface area contributed by atoms with E-state index in [1.807, 2.05) is 6.92 Å². The third-order valence-corrected chi connectivity index (χ3v) is 3.85. The minimum Gasteiger partial charge on any atom is -0.409 e. The van der Waals surface area contributed by atoms with Crippen molar-refractivity contribution < 1.29 is 10.0 Å². The lowest BCUT2D eigenvalue weighted by molar-refractivity contribution is -0.118. The standard InChI is InChI=1S/C12H14ClN5O2S/c1-2-3-6(11(14)16-20)12(19)15-9-7(13)4-5-8-10(9)18-21-17-8/h4-6,20H,2-3H2,1H3,(H2,14,16)(H,15,19). The molecular formula is C12H14ClN5O2S. The summed E-state index contributed by atoms with van der Waals surface area (Å²) in [5.74, 6) is -1.25. The predicted octanol–water partition coefficient (Wildman–Crippen LogP) is 2.45. The van der Waals surface area contributed by atoms with Gasteiger partial charge in [-0.2, -0.15) is 8.75 Å². The zero-order valence-corrected chi connectivity index (χ0v) is 12.8. The second kappa shape index (κ2) is 6.68. The van der Waals surface area contributed by atoms with Crippen molar-refractivity contribution in [3.8, 4) is 0 Å². The first kappa shape index (κ1) is 15.5. The van der Waals surface area contributed by atoms with Gasteiger partial charge in [0.05, 0.1) is 28.4 Å². The maximum absolute atomic E-state index is 12.3. The van der Waals surface area contributed by atoms with Gasteiger partial charge in [0.25, 0.3) is 0 Å². The number of anilines is 1. The smallest absolute Gasteiger partial charge is 0.235 e. The second-order valence-electron chi connectivity index (χ2n) is 4.41. The number of oxime groups is 1. The third kappa shape index (κ3) is 3.22. The Kier molecular flexibility index (Phi) is 4.92. The van der Waals surface area contributed by atoms with E-state index in [2.05, 4.69) is 19.2 Å². The summed E-state index contributed by atoms with van der Waals surface area (Å²) in [6, 6.07) is 3.36. The van der Waals surface area contributed by atoms with E-state index in [-0.39, 0.29) is 5.84 Å². The van der Waals surface area contributed by atoms with E-state index < -0.39 is 11.8 Å². The Morgan fingerprint density at radius 2 is 2.33 bits per heavy atom. The van der Waals surface area contributed by atoms with Gasteiger partial charge in [0.1, 0.15) is 11.0 Å². The van der Waals surface area contributed by atoms with Gasteiger partial charge in [-0.3, -0.25) is 4.79 Å². The van der Waals surface area contributed by atoms with Crippen molar-refractivity contribution in [2.75, 3.05) is 5.32 Å². The second-order valence-corrected chi connectivity index (χ2v) is 5.35. The minimum absolute atomic E-state index is 0.131. The van der Waals surface area contributed by atoms with Crippen molar-refractivity contribution in [2.45, 2.75) is 19.8 Å². The number of aromatic nitrogens is 2. The van der Waals surface area contributed by atoms with E-state index in [1.54, 1.807) is 12.1 Å². The SMILES string of the molecule is CCCC(C(=O)Nc1c(Cl)ccc2nsnc12)C(N)=NO. The number of carbonyl (C=O) groups excluding carboxylic acids is 1. The number of amides is 1. The molecule has 112 valence electrons. The fraction of sp³-hybridized carbons (Fsp3) is 0.333. The Labute approximate surface area is 130 Å². The number of fused-ring (bicyclic) bond motifs is 1. The van der Waals surface area contributed by atoms with Crippen molar-refractivity contribution in [1.29, 1.82) is 0 Å². The number of amidine groups is 1. The lowest BCUT2D eigenvalue weighted by Crippen LogP contribution is -2.34. The zero-order chi connectivity index (χ0) is 15.4. The molecule has 0 fully saturated rings. The third-order valence-electron chi connectivity index (χ3n) is 2.99. The van der Waals surface area contributed by atoms with Crippen molar-refractivity contribution in [3.05, 3.63) is 17.2 Å². The molecule has 0 saturated heterocycles. The summed E-state index contributed by atoms with van der Waals surface area (Å²) in [5, 5.41) is 14.8. The van der Waals surface area contributed by atoms with Gasteiger partial charge in [0, 0.05) is 0 Å². The zero-order valence-electron chi connectivity index (χ0n) is 11.2. The van der Waals surface area contributed by atoms with Gasteiger partial charge >= 0.3 is 0 Å². The minimum atomic E-state index is -0.724. The summed E-state index contributed by atoms with van der Waals surface area (Å²) in [4.78, 5) is 12.3. The summed E-state index contributed by atoms with van der Waals surface area (Å²) in [6.07, 6.45) is 1.18. The van der Waals surface area contributed by atoms with Crippen molar-refractivity contribution in [2.24, 2.45) is 16.8 Å². The van der Waals surface area contributed by atoms with Crippen LogP contribution in [0.2, 0.25) is 5.02 Å². The Morgan fingerprint density at radius 3 is 3.00 bits per heavy atom. The monoisotopic (exact) mass is 327 g/mol. The van der Waals surface area contributed by atoms with Crippen LogP contribution >= 0.6 is 23.3 Å². The molecule has 21 heavy (non-hydrogen) atoms. The normalized spacial score (nSPS) is 13.3. The van der Waals surface area contributed by atoms with E-state index in [0.29, 0.717) is 34.6 Å². The number of benzene rings is 1. The number of hydrogen-bond donors (Lipinski definition) is 3. The molecule has 0 aliphatic rings. The lowest BCUT2D eigenvalue weighted by Gasteiger charge is -2.15. The summed E-state index contributed by atoms with van der Waals surface area (Å²) >= 11 is 7.14. The maximum Gasteiger partial charge on any atom is 0.235 e. The quantitative estimate of drug-likeness (QED) is 0.338. The van der Waals surface area contributed by atoms with Crippen LogP contribution in [-0.4, -0.2) is 25.7 Å². The fourth-order valence-corrected chi connectivity index (χ4v) is 2.67. The Balaban J connectivity index is 2.32. The highest BCUT2D eigenvalue weighted by atomic mass is 35.5. The van der Waals surface area contributed by atoms with E-state index in [0.717, 1.165) is 11.7 Å². The molecule has 1 aromatic carbocycles. The van der Waals surface area contributed by atoms with Crippen LogP contribution in [0.4, 0.5) is 5.69 Å². The number of rotatable bonds is 5. The maximum atomic E-state index is 12.3. The molecular weight excluding hydrogens is 314 g/mol. The van der Waals surface area contributed by atoms with Crippen LogP contribution in [0.5, 0.6) is 0 Å². The fourth-order valence-electron chi connectivity index (χ4n) is 1.93. The van der Waals surface area contributed by atoms with E-state index in [4.69, 9.17) is 22.5 Å². The summed E-state index contributed by atoms with van der Waals surface area (Å²) in [6.45, 7) is 1.91. The van der Waals surface area contributed by atoms with Crippen LogP contribution in [0.1, 0.15) is 19.8 Å². The molecule has 1 aromatic heterocycles. The molecule has 9 heteroatoms. The van der Waals surface area contributed by atoms with Crippen LogP contribution < -0.4 is 11.1 Å². The average molecular weight is 328 g/mol. The van der Waals surface area contributed by atoms with Crippen LogP contribution in [0.15, 0.2) is 17.3 Å². The molecule has 2 aromatic rings. The first-order valence-corrected chi connectivity index (χ1v) is 7.38. The van der Waals surface area contributed by atoms with Crippen molar-refractivity contribution >= 4 is 51.8 Å². The van der Waals surface area contributed by atoms with Gasteiger partial charge in [-0.1, -0.05) is 30.1 Å². The van der Waals surface area contributed by atoms with E-state index in [9.17, 15) is 4.79 Å². The van der Waals surface area contributed by atoms with Gasteiger partial charge in [0.2, 0.25) is 5.91 Å². The van der Waals surface area contributed by atoms with Gasteiger partial charge in [-0.15, -0.1) is 0 Å². The van der Waals surface area contributed by atoms with Crippen LogP contribution in [0.25, 0.3) is 11.0 Å². The van der Waals surface area contributed by atoms with Gasteiger partial charge in [-0.05, 0) is 18.6 Å². The van der Waals surface area contributed by atoms with Crippen molar-refractivity contribution in [3.63, 3.8) is 0 Å². The van der Waals surface area contributed by atoms with Gasteiger partial charge in [-0.25, -0.2) is 0 Å². The molecule has 0 aliphatic heterocycles. The molecule has 0 spiro atoms. The summed E-state index contributed by atoms with van der Waals surface area (Å²) in [5.41, 5.74) is 7.13. The Bertz CT molecular complexity index is 687. The highest BCUT2D eigenvalue weighted by Crippen LogP contribution is 2.30.